The number of nitrogens with one attached hydrogen (secondary N) is 1. The average Bonchev–Trinajstić information content (AvgIpc) is 3.07. The Labute approximate surface area is 159 Å². The average molecular weight is 416 g/mol. The van der Waals surface area contributed by atoms with Gasteiger partial charge in [0, 0.05) is 10.8 Å². The van der Waals surface area contributed by atoms with Crippen molar-refractivity contribution in [3.8, 4) is 0 Å². The number of H-pyrrole nitrogens is 1. The first-order chi connectivity index (χ1) is 12.7. The number of benzene rings is 2. The minimum atomic E-state index is -5.28. The molecule has 140 valence electrons. The van der Waals surface area contributed by atoms with E-state index in [1.165, 1.54) is 0 Å². The van der Waals surface area contributed by atoms with E-state index in [1.807, 2.05) is 30.3 Å². The Kier molecular flexibility index (Phi) is 5.38. The summed E-state index contributed by atoms with van der Waals surface area (Å²) in [5.74, 6) is -3.78. The van der Waals surface area contributed by atoms with Crippen LogP contribution in [-0.2, 0) is 15.3 Å². The minimum Gasteiger partial charge on any atom is -0.381 e. The first kappa shape index (κ1) is 19.2. The number of fused-ring (bicyclic) bond motifs is 1. The molecule has 0 saturated carbocycles. The van der Waals surface area contributed by atoms with Crippen LogP contribution in [0.25, 0.3) is 10.8 Å². The standard InChI is InChI=1S/C16H9ClF3N3O3S/c17-11-4-3-9-5-8(1-2-10(9)6-11)7-27-13-12(21-23-22-13)14(24)26-15(25)16(18,19)20/h1-6H,7H2,(H,21,22,23). The molecule has 0 aliphatic carbocycles. The molecule has 27 heavy (non-hydrogen) atoms. The molecular formula is C16H9ClF3N3O3S. The minimum absolute atomic E-state index is 0.0196. The molecule has 0 atom stereocenters. The van der Waals surface area contributed by atoms with Gasteiger partial charge in [-0.25, -0.2) is 9.59 Å². The Bertz CT molecular complexity index is 1020. The summed E-state index contributed by atoms with van der Waals surface area (Å²) in [5.41, 5.74) is 0.383. The summed E-state index contributed by atoms with van der Waals surface area (Å²) in [6.45, 7) is 0. The molecule has 0 bridgehead atoms. The monoisotopic (exact) mass is 415 g/mol. The fourth-order valence-electron chi connectivity index (χ4n) is 2.15. The first-order valence-corrected chi connectivity index (χ1v) is 8.65. The molecule has 0 spiro atoms. The van der Waals surface area contributed by atoms with Crippen LogP contribution >= 0.6 is 23.4 Å². The predicted octanol–water partition coefficient (Wildman–Crippen LogP) is 4.15. The number of esters is 2. The lowest BCUT2D eigenvalue weighted by molar-refractivity contribution is -0.193. The third-order valence-corrected chi connectivity index (χ3v) is 4.64. The van der Waals surface area contributed by atoms with Crippen molar-refractivity contribution in [3.05, 3.63) is 52.7 Å². The van der Waals surface area contributed by atoms with Gasteiger partial charge in [-0.1, -0.05) is 47.6 Å². The number of carbonyl (C=O) groups is 2. The van der Waals surface area contributed by atoms with Gasteiger partial charge < -0.3 is 4.74 Å². The van der Waals surface area contributed by atoms with E-state index < -0.39 is 23.8 Å². The molecule has 1 N–H and O–H groups in total. The second-order valence-electron chi connectivity index (χ2n) is 5.27. The summed E-state index contributed by atoms with van der Waals surface area (Å²) in [4.78, 5) is 22.5. The Morgan fingerprint density at radius 2 is 1.81 bits per heavy atom. The van der Waals surface area contributed by atoms with Gasteiger partial charge in [-0.05, 0) is 28.5 Å². The van der Waals surface area contributed by atoms with E-state index in [4.69, 9.17) is 11.6 Å². The van der Waals surface area contributed by atoms with Gasteiger partial charge >= 0.3 is 18.1 Å². The molecule has 0 aliphatic rings. The maximum absolute atomic E-state index is 12.2. The lowest BCUT2D eigenvalue weighted by Crippen LogP contribution is -2.28. The number of hydrogen-bond donors (Lipinski definition) is 1. The third kappa shape index (κ3) is 4.58. The molecule has 0 fully saturated rings. The highest BCUT2D eigenvalue weighted by molar-refractivity contribution is 7.98. The second kappa shape index (κ2) is 7.57. The van der Waals surface area contributed by atoms with Crippen molar-refractivity contribution in [1.82, 2.24) is 15.4 Å². The van der Waals surface area contributed by atoms with Crippen LogP contribution in [0.2, 0.25) is 5.02 Å². The van der Waals surface area contributed by atoms with Crippen molar-refractivity contribution in [1.29, 1.82) is 0 Å². The van der Waals surface area contributed by atoms with Crippen LogP contribution in [-0.4, -0.2) is 33.5 Å². The van der Waals surface area contributed by atoms with Crippen molar-refractivity contribution in [2.45, 2.75) is 17.0 Å². The lowest BCUT2D eigenvalue weighted by Gasteiger charge is -2.05. The Morgan fingerprint density at radius 1 is 1.11 bits per heavy atom. The third-order valence-electron chi connectivity index (χ3n) is 3.37. The van der Waals surface area contributed by atoms with Crippen molar-refractivity contribution < 1.29 is 27.5 Å². The number of thioether (sulfide) groups is 1. The van der Waals surface area contributed by atoms with E-state index in [9.17, 15) is 22.8 Å². The van der Waals surface area contributed by atoms with Crippen LogP contribution in [0.15, 0.2) is 41.4 Å². The number of halogens is 4. The molecule has 1 heterocycles. The summed E-state index contributed by atoms with van der Waals surface area (Å²) >= 11 is 6.99. The van der Waals surface area contributed by atoms with E-state index in [0.717, 1.165) is 28.1 Å². The maximum atomic E-state index is 12.2. The van der Waals surface area contributed by atoms with E-state index >= 15 is 0 Å². The Balaban J connectivity index is 1.71. The molecule has 1 aromatic heterocycles. The molecule has 0 amide bonds. The first-order valence-electron chi connectivity index (χ1n) is 7.29. The fraction of sp³-hybridized carbons (Fsp3) is 0.125. The number of alkyl halides is 3. The molecule has 3 rings (SSSR count). The van der Waals surface area contributed by atoms with Crippen molar-refractivity contribution in [3.63, 3.8) is 0 Å². The van der Waals surface area contributed by atoms with Gasteiger partial charge in [-0.3, -0.25) is 0 Å². The molecular weight excluding hydrogens is 407 g/mol. The van der Waals surface area contributed by atoms with Crippen LogP contribution in [0.3, 0.4) is 0 Å². The van der Waals surface area contributed by atoms with E-state index in [0.29, 0.717) is 10.8 Å². The molecule has 11 heteroatoms. The molecule has 3 aromatic rings. The topological polar surface area (TPSA) is 84.9 Å². The van der Waals surface area contributed by atoms with Gasteiger partial charge in [0.05, 0.1) is 0 Å². The number of nitrogens with zero attached hydrogens (tertiary/aromatic N) is 2. The zero-order valence-electron chi connectivity index (χ0n) is 13.2. The summed E-state index contributed by atoms with van der Waals surface area (Å²) < 4.78 is 40.3. The predicted molar refractivity (Wildman–Crippen MR) is 91.4 cm³/mol. The highest BCUT2D eigenvalue weighted by Crippen LogP contribution is 2.27. The van der Waals surface area contributed by atoms with Gasteiger partial charge in [0.25, 0.3) is 0 Å². The lowest BCUT2D eigenvalue weighted by atomic mass is 10.1. The van der Waals surface area contributed by atoms with E-state index in [-0.39, 0.29) is 5.03 Å². The summed E-state index contributed by atoms with van der Waals surface area (Å²) in [5, 5.41) is 11.8. The van der Waals surface area contributed by atoms with Crippen LogP contribution in [0.1, 0.15) is 16.1 Å². The van der Waals surface area contributed by atoms with Crippen LogP contribution in [0.5, 0.6) is 0 Å². The number of aromatic amines is 1. The van der Waals surface area contributed by atoms with Crippen LogP contribution in [0.4, 0.5) is 13.2 Å². The van der Waals surface area contributed by atoms with Gasteiger partial charge in [-0.2, -0.15) is 18.4 Å². The number of aromatic nitrogens is 3. The smallest absolute Gasteiger partial charge is 0.381 e. The van der Waals surface area contributed by atoms with Gasteiger partial charge in [0.2, 0.25) is 5.69 Å². The van der Waals surface area contributed by atoms with E-state index in [2.05, 4.69) is 20.1 Å². The molecule has 0 aliphatic heterocycles. The number of ether oxygens (including phenoxy) is 1. The maximum Gasteiger partial charge on any atom is 0.491 e. The highest BCUT2D eigenvalue weighted by atomic mass is 35.5. The highest BCUT2D eigenvalue weighted by Gasteiger charge is 2.43. The summed E-state index contributed by atoms with van der Waals surface area (Å²) in [6.07, 6.45) is -5.28. The summed E-state index contributed by atoms with van der Waals surface area (Å²) in [6, 6.07) is 11.0. The number of rotatable bonds is 4. The van der Waals surface area contributed by atoms with Crippen LogP contribution < -0.4 is 0 Å². The molecule has 6 nitrogen and oxygen atoms in total. The van der Waals surface area contributed by atoms with Gasteiger partial charge in [0.1, 0.15) is 0 Å². The fourth-order valence-corrected chi connectivity index (χ4v) is 3.19. The van der Waals surface area contributed by atoms with Crippen molar-refractivity contribution in [2.24, 2.45) is 0 Å². The van der Waals surface area contributed by atoms with Crippen molar-refractivity contribution in [2.75, 3.05) is 0 Å². The molecule has 2 aromatic carbocycles. The largest absolute Gasteiger partial charge is 0.491 e. The number of hydrogen-bond acceptors (Lipinski definition) is 6. The SMILES string of the molecule is O=C(OC(=O)C(F)(F)F)c1n[nH]nc1SCc1ccc2cc(Cl)ccc2c1. The van der Waals surface area contributed by atoms with Gasteiger partial charge in [0.15, 0.2) is 5.03 Å². The molecule has 0 saturated heterocycles. The van der Waals surface area contributed by atoms with Crippen LogP contribution in [0, 0.1) is 0 Å². The Morgan fingerprint density at radius 3 is 2.56 bits per heavy atom. The van der Waals surface area contributed by atoms with Crippen molar-refractivity contribution >= 4 is 46.1 Å². The number of carbonyl (C=O) groups excluding carboxylic acids is 2. The second-order valence-corrected chi connectivity index (χ2v) is 6.67. The van der Waals surface area contributed by atoms with E-state index in [1.54, 1.807) is 6.07 Å². The normalized spacial score (nSPS) is 11.6. The molecule has 0 unspecified atom stereocenters. The summed E-state index contributed by atoms with van der Waals surface area (Å²) in [7, 11) is 0. The Hall–Kier alpha value is -2.59. The zero-order valence-corrected chi connectivity index (χ0v) is 14.8. The zero-order chi connectivity index (χ0) is 19.6. The molecule has 0 radical (unpaired) electrons. The quantitative estimate of drug-likeness (QED) is 0.391. The van der Waals surface area contributed by atoms with Gasteiger partial charge in [-0.15, -0.1) is 10.2 Å².